The van der Waals surface area contributed by atoms with Gasteiger partial charge in [0.05, 0.1) is 11.0 Å². The predicted molar refractivity (Wildman–Crippen MR) is 109 cm³/mol. The Kier molecular flexibility index (Phi) is 9.48. The van der Waals surface area contributed by atoms with Crippen LogP contribution in [-0.2, 0) is 10.3 Å². The van der Waals surface area contributed by atoms with Crippen molar-refractivity contribution in [3.63, 3.8) is 0 Å². The standard InChI is InChI=1S/C22H35F2NO3/c1-6-7-8-9-10-11-12-19(21(2,3)4)28-22(5,20(23)24)17-13-15-18(16-14-17)25(26)27/h13-16,19-20H,6-12H2,1-5H3. The van der Waals surface area contributed by atoms with Gasteiger partial charge in [-0.05, 0) is 36.5 Å². The zero-order valence-electron chi connectivity index (χ0n) is 17.8. The molecule has 0 aliphatic heterocycles. The Bertz CT molecular complexity index is 599. The second kappa shape index (κ2) is 10.8. The monoisotopic (exact) mass is 399 g/mol. The Balaban J connectivity index is 2.92. The molecule has 0 amide bonds. The van der Waals surface area contributed by atoms with Gasteiger partial charge in [-0.1, -0.05) is 66.2 Å². The molecule has 0 aliphatic rings. The molecule has 2 atom stereocenters. The molecule has 0 saturated carbocycles. The highest BCUT2D eigenvalue weighted by atomic mass is 19.3. The molecule has 1 aromatic rings. The van der Waals surface area contributed by atoms with E-state index >= 15 is 0 Å². The first kappa shape index (κ1) is 24.5. The van der Waals surface area contributed by atoms with Gasteiger partial charge < -0.3 is 4.74 Å². The van der Waals surface area contributed by atoms with Crippen molar-refractivity contribution in [2.75, 3.05) is 0 Å². The maximum Gasteiger partial charge on any atom is 0.270 e. The SMILES string of the molecule is CCCCCCCCC(OC(C)(c1ccc([N+](=O)[O-])cc1)C(F)F)C(C)(C)C. The van der Waals surface area contributed by atoms with Crippen molar-refractivity contribution in [3.8, 4) is 0 Å². The first-order valence-electron chi connectivity index (χ1n) is 10.2. The third-order valence-electron chi connectivity index (χ3n) is 5.24. The van der Waals surface area contributed by atoms with Crippen molar-refractivity contribution in [1.82, 2.24) is 0 Å². The van der Waals surface area contributed by atoms with Crippen LogP contribution in [0.5, 0.6) is 0 Å². The van der Waals surface area contributed by atoms with Gasteiger partial charge in [-0.2, -0.15) is 0 Å². The van der Waals surface area contributed by atoms with E-state index in [1.165, 1.54) is 50.5 Å². The van der Waals surface area contributed by atoms with Crippen LogP contribution in [0.2, 0.25) is 0 Å². The highest BCUT2D eigenvalue weighted by Crippen LogP contribution is 2.39. The number of halogens is 2. The molecule has 4 nitrogen and oxygen atoms in total. The van der Waals surface area contributed by atoms with Crippen molar-refractivity contribution in [1.29, 1.82) is 0 Å². The van der Waals surface area contributed by atoms with Gasteiger partial charge in [-0.3, -0.25) is 10.1 Å². The summed E-state index contributed by atoms with van der Waals surface area (Å²) in [6.45, 7) is 9.54. The maximum absolute atomic E-state index is 14.0. The van der Waals surface area contributed by atoms with E-state index in [-0.39, 0.29) is 22.8 Å². The van der Waals surface area contributed by atoms with Crippen LogP contribution in [0.3, 0.4) is 0 Å². The number of hydrogen-bond donors (Lipinski definition) is 0. The van der Waals surface area contributed by atoms with Gasteiger partial charge in [0.2, 0.25) is 0 Å². The van der Waals surface area contributed by atoms with Crippen LogP contribution in [0.1, 0.15) is 85.1 Å². The van der Waals surface area contributed by atoms with E-state index < -0.39 is 16.9 Å². The van der Waals surface area contributed by atoms with Crippen LogP contribution in [0.25, 0.3) is 0 Å². The summed E-state index contributed by atoms with van der Waals surface area (Å²) in [5.41, 5.74) is -1.97. The summed E-state index contributed by atoms with van der Waals surface area (Å²) in [7, 11) is 0. The lowest BCUT2D eigenvalue weighted by Crippen LogP contribution is -2.42. The van der Waals surface area contributed by atoms with E-state index in [9.17, 15) is 18.9 Å². The van der Waals surface area contributed by atoms with Crippen molar-refractivity contribution < 1.29 is 18.4 Å². The van der Waals surface area contributed by atoms with Crippen LogP contribution < -0.4 is 0 Å². The molecule has 0 radical (unpaired) electrons. The lowest BCUT2D eigenvalue weighted by Gasteiger charge is -2.39. The molecule has 0 aliphatic carbocycles. The maximum atomic E-state index is 14.0. The summed E-state index contributed by atoms with van der Waals surface area (Å²) < 4.78 is 34.1. The summed E-state index contributed by atoms with van der Waals surface area (Å²) in [5, 5.41) is 10.8. The number of nitrogens with zero attached hydrogens (tertiary/aromatic N) is 1. The van der Waals surface area contributed by atoms with Crippen LogP contribution in [0.15, 0.2) is 24.3 Å². The highest BCUT2D eigenvalue weighted by Gasteiger charge is 2.42. The largest absolute Gasteiger partial charge is 0.361 e. The molecule has 6 heteroatoms. The quantitative estimate of drug-likeness (QED) is 0.211. The molecule has 0 heterocycles. The minimum atomic E-state index is -2.75. The molecule has 0 saturated heterocycles. The molecule has 1 rings (SSSR count). The average Bonchev–Trinajstić information content (AvgIpc) is 2.62. The molecular weight excluding hydrogens is 364 g/mol. The fraction of sp³-hybridized carbons (Fsp3) is 0.727. The van der Waals surface area contributed by atoms with Crippen molar-refractivity contribution >= 4 is 5.69 Å². The molecule has 0 N–H and O–H groups in total. The lowest BCUT2D eigenvalue weighted by molar-refractivity contribution is -0.384. The van der Waals surface area contributed by atoms with Gasteiger partial charge in [0.25, 0.3) is 12.1 Å². The summed E-state index contributed by atoms with van der Waals surface area (Å²) in [5.74, 6) is 0. The van der Waals surface area contributed by atoms with Crippen LogP contribution in [0, 0.1) is 15.5 Å². The summed E-state index contributed by atoms with van der Waals surface area (Å²) in [4.78, 5) is 10.3. The Morgan fingerprint density at radius 3 is 2.00 bits per heavy atom. The molecule has 1 aromatic carbocycles. The van der Waals surface area contributed by atoms with Gasteiger partial charge in [0.15, 0.2) is 5.60 Å². The second-order valence-electron chi connectivity index (χ2n) is 8.74. The van der Waals surface area contributed by atoms with Gasteiger partial charge in [-0.25, -0.2) is 8.78 Å². The number of benzene rings is 1. The predicted octanol–water partition coefficient (Wildman–Crippen LogP) is 7.26. The first-order chi connectivity index (χ1) is 13.0. The number of rotatable bonds is 12. The van der Waals surface area contributed by atoms with Gasteiger partial charge in [0.1, 0.15) is 0 Å². The van der Waals surface area contributed by atoms with E-state index in [1.54, 1.807) is 0 Å². The number of alkyl halides is 2. The minimum absolute atomic E-state index is 0.125. The van der Waals surface area contributed by atoms with Gasteiger partial charge in [-0.15, -0.1) is 0 Å². The van der Waals surface area contributed by atoms with Crippen molar-refractivity contribution in [3.05, 3.63) is 39.9 Å². The summed E-state index contributed by atoms with van der Waals surface area (Å²) >= 11 is 0. The normalized spacial score (nSPS) is 15.4. The smallest absolute Gasteiger partial charge is 0.270 e. The minimum Gasteiger partial charge on any atom is -0.361 e. The second-order valence-corrected chi connectivity index (χ2v) is 8.74. The van der Waals surface area contributed by atoms with E-state index in [4.69, 9.17) is 4.74 Å². The van der Waals surface area contributed by atoms with E-state index in [0.29, 0.717) is 6.42 Å². The molecule has 0 spiro atoms. The van der Waals surface area contributed by atoms with Gasteiger partial charge in [0, 0.05) is 12.1 Å². The fourth-order valence-corrected chi connectivity index (χ4v) is 3.23. The first-order valence-corrected chi connectivity index (χ1v) is 10.2. The topological polar surface area (TPSA) is 52.4 Å². The fourth-order valence-electron chi connectivity index (χ4n) is 3.23. The van der Waals surface area contributed by atoms with E-state index in [0.717, 1.165) is 19.3 Å². The Morgan fingerprint density at radius 2 is 1.54 bits per heavy atom. The summed E-state index contributed by atoms with van der Waals surface area (Å²) in [6.07, 6.45) is 4.40. The van der Waals surface area contributed by atoms with Crippen molar-refractivity contribution in [2.45, 2.75) is 97.7 Å². The number of nitro groups is 1. The third kappa shape index (κ3) is 7.12. The zero-order chi connectivity index (χ0) is 21.4. The van der Waals surface area contributed by atoms with Crippen LogP contribution in [0.4, 0.5) is 14.5 Å². The molecular formula is C22H35F2NO3. The third-order valence-corrected chi connectivity index (χ3v) is 5.24. The summed E-state index contributed by atoms with van der Waals surface area (Å²) in [6, 6.07) is 5.24. The molecule has 0 bridgehead atoms. The van der Waals surface area contributed by atoms with Crippen LogP contribution >= 0.6 is 0 Å². The number of nitro benzene ring substituents is 1. The molecule has 2 unspecified atom stereocenters. The molecule has 0 fully saturated rings. The number of ether oxygens (including phenoxy) is 1. The number of unbranched alkanes of at least 4 members (excludes halogenated alkanes) is 5. The zero-order valence-corrected chi connectivity index (χ0v) is 17.8. The van der Waals surface area contributed by atoms with Crippen molar-refractivity contribution in [2.24, 2.45) is 5.41 Å². The van der Waals surface area contributed by atoms with Gasteiger partial charge >= 0.3 is 0 Å². The Hall–Kier alpha value is -1.56. The average molecular weight is 400 g/mol. The lowest BCUT2D eigenvalue weighted by atomic mass is 9.84. The Labute approximate surface area is 167 Å². The van der Waals surface area contributed by atoms with E-state index in [1.807, 2.05) is 20.8 Å². The number of hydrogen-bond acceptors (Lipinski definition) is 3. The van der Waals surface area contributed by atoms with E-state index in [2.05, 4.69) is 6.92 Å². The molecule has 28 heavy (non-hydrogen) atoms. The number of non-ortho nitro benzene ring substituents is 1. The Morgan fingerprint density at radius 1 is 1.00 bits per heavy atom. The molecule has 160 valence electrons. The highest BCUT2D eigenvalue weighted by molar-refractivity contribution is 5.35. The molecule has 0 aromatic heterocycles. The van der Waals surface area contributed by atoms with Crippen LogP contribution in [-0.4, -0.2) is 17.5 Å².